The molecule has 2 aliphatic heterocycles. The number of hydrogen-bond acceptors (Lipinski definition) is 9. The number of alkyl halides is 2. The first kappa shape index (κ1) is 29.2. The van der Waals surface area contributed by atoms with E-state index in [-0.39, 0.29) is 36.2 Å². The number of primary amides is 1. The summed E-state index contributed by atoms with van der Waals surface area (Å²) in [6.45, 7) is 4.81. The summed E-state index contributed by atoms with van der Waals surface area (Å²) in [7, 11) is 0. The summed E-state index contributed by atoms with van der Waals surface area (Å²) in [5, 5.41) is 0. The Morgan fingerprint density at radius 2 is 1.70 bits per heavy atom. The summed E-state index contributed by atoms with van der Waals surface area (Å²) in [5.41, 5.74) is 6.27. The van der Waals surface area contributed by atoms with Crippen molar-refractivity contribution in [2.45, 2.75) is 38.2 Å². The molecule has 4 heterocycles. The smallest absolute Gasteiger partial charge is 0.296 e. The molecule has 1 aromatic carbocycles. The number of nitrogens with zero attached hydrogens (tertiary/aromatic N) is 7. The molecule has 3 aliphatic rings. The van der Waals surface area contributed by atoms with Crippen LogP contribution in [0, 0.1) is 5.92 Å². The highest BCUT2D eigenvalue weighted by atomic mass is 19.3. The minimum absolute atomic E-state index is 0.0849. The maximum Gasteiger partial charge on any atom is 0.296 e. The number of rotatable bonds is 8. The molecule has 1 aliphatic carbocycles. The minimum Gasteiger partial charge on any atom is -0.474 e. The number of aromatic nitrogens is 4. The van der Waals surface area contributed by atoms with Gasteiger partial charge in [0.1, 0.15) is 11.9 Å². The summed E-state index contributed by atoms with van der Waals surface area (Å²) in [6.07, 6.45) is -0.286. The second kappa shape index (κ2) is 12.8. The molecule has 2 N–H and O–H groups in total. The zero-order valence-electron chi connectivity index (χ0n) is 23.9. The molecular formula is C29H36F2N8O4. The van der Waals surface area contributed by atoms with Gasteiger partial charge in [0.25, 0.3) is 6.43 Å². The van der Waals surface area contributed by atoms with Gasteiger partial charge in [0.2, 0.25) is 23.6 Å². The third kappa shape index (κ3) is 6.54. The van der Waals surface area contributed by atoms with Crippen LogP contribution >= 0.6 is 0 Å². The first-order valence-electron chi connectivity index (χ1n) is 14.8. The first-order valence-corrected chi connectivity index (χ1v) is 14.8. The maximum absolute atomic E-state index is 14.1. The van der Waals surface area contributed by atoms with Crippen LogP contribution in [0.2, 0.25) is 0 Å². The minimum atomic E-state index is -2.81. The van der Waals surface area contributed by atoms with Crippen molar-refractivity contribution in [1.82, 2.24) is 29.3 Å². The summed E-state index contributed by atoms with van der Waals surface area (Å²) in [4.78, 5) is 43.7. The first-order chi connectivity index (χ1) is 20.9. The van der Waals surface area contributed by atoms with E-state index >= 15 is 0 Å². The van der Waals surface area contributed by atoms with Gasteiger partial charge in [-0.1, -0.05) is 12.1 Å². The molecule has 6 rings (SSSR count). The van der Waals surface area contributed by atoms with Crippen LogP contribution in [-0.4, -0.2) is 106 Å². The van der Waals surface area contributed by atoms with Crippen molar-refractivity contribution in [2.24, 2.45) is 11.7 Å². The number of anilines is 1. The Kier molecular flexibility index (Phi) is 8.66. The summed E-state index contributed by atoms with van der Waals surface area (Å²) >= 11 is 0. The number of halogens is 2. The number of fused-ring (bicyclic) bond motifs is 1. The van der Waals surface area contributed by atoms with Gasteiger partial charge in [0.15, 0.2) is 5.82 Å². The van der Waals surface area contributed by atoms with E-state index in [9.17, 15) is 18.4 Å². The maximum atomic E-state index is 14.1. The number of amides is 2. The van der Waals surface area contributed by atoms with Gasteiger partial charge >= 0.3 is 0 Å². The third-order valence-electron chi connectivity index (χ3n) is 8.36. The SMILES string of the molecule is NC(=O)CN1CCN(C(=O)C2CCC(Oc3cc(-n4c(C(F)F)nc5ccccc54)nc(N4CCOCC4)n3)CC2)CC1. The Bertz CT molecular complexity index is 1450. The normalized spacial score (nSPS) is 21.8. The predicted octanol–water partition coefficient (Wildman–Crippen LogP) is 2.16. The molecule has 0 atom stereocenters. The van der Waals surface area contributed by atoms with E-state index in [1.807, 2.05) is 14.7 Å². The molecule has 0 radical (unpaired) electrons. The monoisotopic (exact) mass is 598 g/mol. The average molecular weight is 599 g/mol. The van der Waals surface area contributed by atoms with Crippen LogP contribution in [-0.2, 0) is 14.3 Å². The van der Waals surface area contributed by atoms with E-state index in [0.717, 1.165) is 0 Å². The highest BCUT2D eigenvalue weighted by molar-refractivity contribution is 5.79. The number of carbonyl (C=O) groups is 2. The Morgan fingerprint density at radius 3 is 2.40 bits per heavy atom. The number of ether oxygens (including phenoxy) is 2. The van der Waals surface area contributed by atoms with Crippen molar-refractivity contribution < 1.29 is 27.8 Å². The van der Waals surface area contributed by atoms with E-state index < -0.39 is 12.2 Å². The Hall–Kier alpha value is -3.91. The van der Waals surface area contributed by atoms with Crippen molar-refractivity contribution in [1.29, 1.82) is 0 Å². The molecule has 3 aromatic rings. The topological polar surface area (TPSA) is 132 Å². The van der Waals surface area contributed by atoms with Crippen LogP contribution in [0.15, 0.2) is 30.3 Å². The van der Waals surface area contributed by atoms with Gasteiger partial charge in [-0.25, -0.2) is 13.8 Å². The van der Waals surface area contributed by atoms with Gasteiger partial charge in [-0.15, -0.1) is 0 Å². The highest BCUT2D eigenvalue weighted by Crippen LogP contribution is 2.32. The van der Waals surface area contributed by atoms with Crippen LogP contribution < -0.4 is 15.4 Å². The zero-order valence-corrected chi connectivity index (χ0v) is 23.9. The average Bonchev–Trinajstić information content (AvgIpc) is 3.42. The molecule has 1 saturated carbocycles. The predicted molar refractivity (Wildman–Crippen MR) is 153 cm³/mol. The van der Waals surface area contributed by atoms with E-state index in [0.29, 0.717) is 101 Å². The molecule has 0 spiro atoms. The Balaban J connectivity index is 1.18. The molecule has 0 bridgehead atoms. The quantitative estimate of drug-likeness (QED) is 0.414. The number of morpholine rings is 1. The molecule has 14 heteroatoms. The standard InChI is InChI=1S/C29H36F2N8O4/c30-26(31)27-33-21-3-1-2-4-22(21)39(27)24-17-25(35-29(34-24)38-13-15-42-16-14-38)43-20-7-5-19(6-8-20)28(41)37-11-9-36(10-12-37)18-23(32)40/h1-4,17,19-20,26H,5-16,18H2,(H2,32,40). The van der Waals surface area contributed by atoms with E-state index in [1.165, 1.54) is 4.57 Å². The fraction of sp³-hybridized carbons (Fsp3) is 0.552. The van der Waals surface area contributed by atoms with Crippen LogP contribution in [0.25, 0.3) is 16.9 Å². The largest absolute Gasteiger partial charge is 0.474 e. The number of para-hydroxylation sites is 2. The van der Waals surface area contributed by atoms with Crippen LogP contribution in [0.4, 0.5) is 14.7 Å². The molecular weight excluding hydrogens is 562 g/mol. The van der Waals surface area contributed by atoms with Gasteiger partial charge in [-0.3, -0.25) is 19.1 Å². The Morgan fingerprint density at radius 1 is 0.977 bits per heavy atom. The lowest BCUT2D eigenvalue weighted by atomic mass is 9.86. The Labute approximate surface area is 247 Å². The van der Waals surface area contributed by atoms with Crippen LogP contribution in [0.5, 0.6) is 5.88 Å². The second-order valence-electron chi connectivity index (χ2n) is 11.2. The van der Waals surface area contributed by atoms with Crippen molar-refractivity contribution in [2.75, 3.05) is 63.9 Å². The highest BCUT2D eigenvalue weighted by Gasteiger charge is 2.32. The number of piperazine rings is 1. The van der Waals surface area contributed by atoms with Crippen LogP contribution in [0.3, 0.4) is 0 Å². The fourth-order valence-electron chi connectivity index (χ4n) is 6.12. The van der Waals surface area contributed by atoms with Crippen molar-refractivity contribution >= 4 is 28.8 Å². The molecule has 2 amide bonds. The van der Waals surface area contributed by atoms with Crippen molar-refractivity contribution in [3.8, 4) is 11.7 Å². The second-order valence-corrected chi connectivity index (χ2v) is 11.2. The number of imidazole rings is 1. The van der Waals surface area contributed by atoms with E-state index in [1.54, 1.807) is 30.3 Å². The van der Waals surface area contributed by atoms with Crippen molar-refractivity contribution in [3.05, 3.63) is 36.2 Å². The number of hydrogen-bond donors (Lipinski definition) is 1. The van der Waals surface area contributed by atoms with Gasteiger partial charge in [0, 0.05) is 51.3 Å². The summed E-state index contributed by atoms with van der Waals surface area (Å²) in [5.74, 6) is 0.237. The lowest BCUT2D eigenvalue weighted by molar-refractivity contribution is -0.139. The molecule has 3 fully saturated rings. The lowest BCUT2D eigenvalue weighted by Crippen LogP contribution is -2.52. The molecule has 43 heavy (non-hydrogen) atoms. The van der Waals surface area contributed by atoms with Crippen molar-refractivity contribution in [3.63, 3.8) is 0 Å². The molecule has 0 unspecified atom stereocenters. The molecule has 230 valence electrons. The van der Waals surface area contributed by atoms with Gasteiger partial charge in [-0.05, 0) is 37.8 Å². The third-order valence-corrected chi connectivity index (χ3v) is 8.36. The van der Waals surface area contributed by atoms with Gasteiger partial charge in [-0.2, -0.15) is 9.97 Å². The number of nitrogens with two attached hydrogens (primary N) is 1. The summed E-state index contributed by atoms with van der Waals surface area (Å²) in [6, 6.07) is 8.56. The zero-order chi connectivity index (χ0) is 29.9. The molecule has 12 nitrogen and oxygen atoms in total. The van der Waals surface area contributed by atoms with Gasteiger partial charge in [0.05, 0.1) is 30.8 Å². The lowest BCUT2D eigenvalue weighted by Gasteiger charge is -2.37. The molecule has 2 aromatic heterocycles. The number of benzene rings is 1. The van der Waals surface area contributed by atoms with Crippen LogP contribution in [0.1, 0.15) is 37.9 Å². The fourth-order valence-corrected chi connectivity index (χ4v) is 6.12. The van der Waals surface area contributed by atoms with E-state index in [2.05, 4.69) is 15.0 Å². The van der Waals surface area contributed by atoms with E-state index in [4.69, 9.17) is 15.2 Å². The summed E-state index contributed by atoms with van der Waals surface area (Å²) < 4.78 is 41.5. The number of carbonyl (C=O) groups excluding carboxylic acids is 2. The van der Waals surface area contributed by atoms with Gasteiger partial charge < -0.3 is 25.0 Å². The molecule has 2 saturated heterocycles.